The van der Waals surface area contributed by atoms with Gasteiger partial charge in [-0.1, -0.05) is 24.3 Å². The van der Waals surface area contributed by atoms with E-state index in [9.17, 15) is 0 Å². The number of ether oxygens (including phenoxy) is 1. The van der Waals surface area contributed by atoms with Crippen molar-refractivity contribution in [2.75, 3.05) is 13.2 Å². The average Bonchev–Trinajstić information content (AvgIpc) is 2.30. The van der Waals surface area contributed by atoms with E-state index in [4.69, 9.17) is 10.5 Å². The Morgan fingerprint density at radius 1 is 1.33 bits per heavy atom. The molecule has 2 heteroatoms. The van der Waals surface area contributed by atoms with Gasteiger partial charge in [0.25, 0.3) is 0 Å². The van der Waals surface area contributed by atoms with Gasteiger partial charge in [0, 0.05) is 6.61 Å². The first-order chi connectivity index (χ1) is 7.42. The van der Waals surface area contributed by atoms with Crippen LogP contribution >= 0.6 is 0 Å². The summed E-state index contributed by atoms with van der Waals surface area (Å²) in [5, 5.41) is 0. The summed E-state index contributed by atoms with van der Waals surface area (Å²) in [7, 11) is 0. The lowest BCUT2D eigenvalue weighted by Gasteiger charge is -2.25. The lowest BCUT2D eigenvalue weighted by atomic mass is 9.89. The van der Waals surface area contributed by atoms with Crippen LogP contribution in [0.5, 0.6) is 0 Å². The second-order valence-corrected chi connectivity index (χ2v) is 4.09. The monoisotopic (exact) mass is 205 g/mol. The highest BCUT2D eigenvalue weighted by molar-refractivity contribution is 5.31. The van der Waals surface area contributed by atoms with Gasteiger partial charge in [-0.05, 0) is 43.4 Å². The molecule has 1 atom stereocenters. The quantitative estimate of drug-likeness (QED) is 0.766. The van der Waals surface area contributed by atoms with Gasteiger partial charge < -0.3 is 10.5 Å². The first kappa shape index (κ1) is 10.7. The van der Waals surface area contributed by atoms with Crippen LogP contribution in [-0.4, -0.2) is 13.2 Å². The van der Waals surface area contributed by atoms with Gasteiger partial charge in [-0.3, -0.25) is 0 Å². The summed E-state index contributed by atoms with van der Waals surface area (Å²) >= 11 is 0. The minimum absolute atomic E-state index is 0.307. The van der Waals surface area contributed by atoms with Gasteiger partial charge in [0.2, 0.25) is 0 Å². The third-order valence-electron chi connectivity index (χ3n) is 2.98. The maximum absolute atomic E-state index is 5.87. The number of fused-ring (bicyclic) bond motifs is 1. The molecule has 0 radical (unpaired) electrons. The highest BCUT2D eigenvalue weighted by Crippen LogP contribution is 2.32. The molecular formula is C13H19NO. The topological polar surface area (TPSA) is 35.2 Å². The molecule has 0 amide bonds. The van der Waals surface area contributed by atoms with E-state index in [1.165, 1.54) is 24.0 Å². The van der Waals surface area contributed by atoms with E-state index >= 15 is 0 Å². The zero-order valence-corrected chi connectivity index (χ0v) is 9.11. The molecule has 0 spiro atoms. The van der Waals surface area contributed by atoms with Gasteiger partial charge in [-0.25, -0.2) is 0 Å². The van der Waals surface area contributed by atoms with E-state index in [0.717, 1.165) is 19.4 Å². The van der Waals surface area contributed by atoms with Gasteiger partial charge >= 0.3 is 0 Å². The number of rotatable bonds is 4. The minimum Gasteiger partial charge on any atom is -0.373 e. The summed E-state index contributed by atoms with van der Waals surface area (Å²) in [5.74, 6) is 0. The van der Waals surface area contributed by atoms with Crippen molar-refractivity contribution in [1.29, 1.82) is 0 Å². The highest BCUT2D eigenvalue weighted by atomic mass is 16.5. The van der Waals surface area contributed by atoms with Crippen LogP contribution in [0.1, 0.15) is 36.5 Å². The summed E-state index contributed by atoms with van der Waals surface area (Å²) in [4.78, 5) is 0. The number of aryl methyl sites for hydroxylation is 1. The van der Waals surface area contributed by atoms with Crippen LogP contribution in [0.3, 0.4) is 0 Å². The molecule has 1 aromatic carbocycles. The fourth-order valence-electron chi connectivity index (χ4n) is 2.19. The molecule has 0 saturated heterocycles. The zero-order chi connectivity index (χ0) is 10.5. The minimum atomic E-state index is 0.307. The van der Waals surface area contributed by atoms with E-state index in [1.54, 1.807) is 0 Å². The SMILES string of the molecule is NCCCO[C@@H]1CCCc2ccccc21. The Kier molecular flexibility index (Phi) is 3.75. The van der Waals surface area contributed by atoms with E-state index in [-0.39, 0.29) is 0 Å². The molecular weight excluding hydrogens is 186 g/mol. The molecule has 0 bridgehead atoms. The van der Waals surface area contributed by atoms with Crippen molar-refractivity contribution in [3.05, 3.63) is 35.4 Å². The molecule has 82 valence electrons. The second kappa shape index (κ2) is 5.29. The van der Waals surface area contributed by atoms with Gasteiger partial charge in [0.05, 0.1) is 6.10 Å². The molecule has 0 fully saturated rings. The molecule has 2 N–H and O–H groups in total. The largest absolute Gasteiger partial charge is 0.373 e. The van der Waals surface area contributed by atoms with Crippen molar-refractivity contribution >= 4 is 0 Å². The molecule has 2 rings (SSSR count). The van der Waals surface area contributed by atoms with Crippen LogP contribution in [0.15, 0.2) is 24.3 Å². The summed E-state index contributed by atoms with van der Waals surface area (Å²) in [5.41, 5.74) is 8.31. The number of nitrogens with two attached hydrogens (primary N) is 1. The fraction of sp³-hybridized carbons (Fsp3) is 0.538. The van der Waals surface area contributed by atoms with Crippen LogP contribution in [0.4, 0.5) is 0 Å². The summed E-state index contributed by atoms with van der Waals surface area (Å²) < 4.78 is 5.87. The lowest BCUT2D eigenvalue weighted by Crippen LogP contribution is -2.14. The Bertz CT molecular complexity index is 311. The molecule has 15 heavy (non-hydrogen) atoms. The molecule has 2 nitrogen and oxygen atoms in total. The Hall–Kier alpha value is -0.860. The first-order valence-corrected chi connectivity index (χ1v) is 5.81. The molecule has 0 saturated carbocycles. The predicted molar refractivity (Wildman–Crippen MR) is 61.7 cm³/mol. The Morgan fingerprint density at radius 2 is 2.20 bits per heavy atom. The number of hydrogen-bond acceptors (Lipinski definition) is 2. The van der Waals surface area contributed by atoms with E-state index < -0.39 is 0 Å². The molecule has 0 aromatic heterocycles. The smallest absolute Gasteiger partial charge is 0.0827 e. The molecule has 0 heterocycles. The average molecular weight is 205 g/mol. The van der Waals surface area contributed by atoms with Crippen LogP contribution in [0.2, 0.25) is 0 Å². The molecule has 0 aliphatic heterocycles. The van der Waals surface area contributed by atoms with Crippen molar-refractivity contribution in [3.63, 3.8) is 0 Å². The van der Waals surface area contributed by atoms with E-state index in [0.29, 0.717) is 12.6 Å². The maximum Gasteiger partial charge on any atom is 0.0827 e. The first-order valence-electron chi connectivity index (χ1n) is 5.81. The van der Waals surface area contributed by atoms with Crippen molar-refractivity contribution < 1.29 is 4.74 Å². The zero-order valence-electron chi connectivity index (χ0n) is 9.11. The Morgan fingerprint density at radius 3 is 3.07 bits per heavy atom. The maximum atomic E-state index is 5.87. The summed E-state index contributed by atoms with van der Waals surface area (Å²) in [6.07, 6.45) is 4.86. The van der Waals surface area contributed by atoms with Gasteiger partial charge in [-0.15, -0.1) is 0 Å². The molecule has 1 aliphatic carbocycles. The van der Waals surface area contributed by atoms with Crippen LogP contribution < -0.4 is 5.73 Å². The van der Waals surface area contributed by atoms with Crippen molar-refractivity contribution in [1.82, 2.24) is 0 Å². The van der Waals surface area contributed by atoms with Crippen molar-refractivity contribution in [2.45, 2.75) is 31.8 Å². The van der Waals surface area contributed by atoms with Gasteiger partial charge in [-0.2, -0.15) is 0 Å². The van der Waals surface area contributed by atoms with Crippen molar-refractivity contribution in [3.8, 4) is 0 Å². The molecule has 1 aromatic rings. The van der Waals surface area contributed by atoms with E-state index in [1.807, 2.05) is 0 Å². The Balaban J connectivity index is 2.02. The third kappa shape index (κ3) is 2.58. The van der Waals surface area contributed by atoms with Gasteiger partial charge in [0.15, 0.2) is 0 Å². The second-order valence-electron chi connectivity index (χ2n) is 4.09. The lowest BCUT2D eigenvalue weighted by molar-refractivity contribution is 0.0402. The van der Waals surface area contributed by atoms with Crippen LogP contribution in [-0.2, 0) is 11.2 Å². The predicted octanol–water partition coefficient (Wildman–Crippen LogP) is 2.43. The summed E-state index contributed by atoms with van der Waals surface area (Å²) in [6.45, 7) is 1.50. The molecule has 1 aliphatic rings. The third-order valence-corrected chi connectivity index (χ3v) is 2.98. The Labute approximate surface area is 91.4 Å². The summed E-state index contributed by atoms with van der Waals surface area (Å²) in [6, 6.07) is 8.62. The van der Waals surface area contributed by atoms with Gasteiger partial charge in [0.1, 0.15) is 0 Å². The van der Waals surface area contributed by atoms with Crippen LogP contribution in [0.25, 0.3) is 0 Å². The van der Waals surface area contributed by atoms with E-state index in [2.05, 4.69) is 24.3 Å². The van der Waals surface area contributed by atoms with Crippen molar-refractivity contribution in [2.24, 2.45) is 5.73 Å². The standard InChI is InChI=1S/C13H19NO/c14-9-4-10-15-13-8-3-6-11-5-1-2-7-12(11)13/h1-2,5,7,13H,3-4,6,8-10,14H2/t13-/m1/s1. The number of benzene rings is 1. The fourth-order valence-corrected chi connectivity index (χ4v) is 2.19. The normalized spacial score (nSPS) is 19.9. The molecule has 0 unspecified atom stereocenters. The highest BCUT2D eigenvalue weighted by Gasteiger charge is 2.19. The number of hydrogen-bond donors (Lipinski definition) is 1. The van der Waals surface area contributed by atoms with Crippen LogP contribution in [0, 0.1) is 0 Å².